The zero-order chi connectivity index (χ0) is 10.1. The molecular formula is C7H3BClF3O. The maximum absolute atomic E-state index is 11.7. The first-order chi connectivity index (χ1) is 5.88. The van der Waals surface area contributed by atoms with E-state index in [4.69, 9.17) is 19.4 Å². The third kappa shape index (κ3) is 3.18. The minimum atomic E-state index is -4.73. The monoisotopic (exact) mass is 206 g/mol. The van der Waals surface area contributed by atoms with Gasteiger partial charge >= 0.3 is 6.36 Å². The van der Waals surface area contributed by atoms with Gasteiger partial charge in [-0.15, -0.1) is 13.2 Å². The van der Waals surface area contributed by atoms with E-state index in [1.807, 2.05) is 0 Å². The minimum Gasteiger partial charge on any atom is -0.406 e. The second-order valence-electron chi connectivity index (χ2n) is 2.23. The van der Waals surface area contributed by atoms with Crippen molar-refractivity contribution in [3.05, 3.63) is 23.2 Å². The molecule has 0 unspecified atom stereocenters. The van der Waals surface area contributed by atoms with Gasteiger partial charge in [-0.3, -0.25) is 0 Å². The molecule has 0 spiro atoms. The molecule has 0 aromatic heterocycles. The van der Waals surface area contributed by atoms with Crippen molar-refractivity contribution in [1.82, 2.24) is 0 Å². The second-order valence-corrected chi connectivity index (χ2v) is 2.67. The van der Waals surface area contributed by atoms with Crippen molar-refractivity contribution in [2.24, 2.45) is 0 Å². The van der Waals surface area contributed by atoms with Gasteiger partial charge in [-0.1, -0.05) is 17.1 Å². The maximum Gasteiger partial charge on any atom is 0.573 e. The summed E-state index contributed by atoms with van der Waals surface area (Å²) in [5, 5.41) is 0.257. The predicted octanol–water partition coefficient (Wildman–Crippen LogP) is 2.03. The van der Waals surface area contributed by atoms with Crippen LogP contribution in [0.5, 0.6) is 5.75 Å². The predicted molar refractivity (Wildman–Crippen MR) is 43.5 cm³/mol. The highest BCUT2D eigenvalue weighted by atomic mass is 35.5. The molecule has 68 valence electrons. The smallest absolute Gasteiger partial charge is 0.406 e. The highest BCUT2D eigenvalue weighted by molar-refractivity contribution is 6.37. The Morgan fingerprint density at radius 2 is 1.92 bits per heavy atom. The first kappa shape index (κ1) is 10.2. The zero-order valence-electron chi connectivity index (χ0n) is 6.23. The van der Waals surface area contributed by atoms with Crippen LogP contribution in [0.25, 0.3) is 0 Å². The SMILES string of the molecule is [B]c1cc(Cl)ccc1OC(F)(F)F. The Hall–Kier alpha value is -0.835. The van der Waals surface area contributed by atoms with Crippen molar-refractivity contribution < 1.29 is 17.9 Å². The minimum absolute atomic E-state index is 0.148. The van der Waals surface area contributed by atoms with E-state index >= 15 is 0 Å². The van der Waals surface area contributed by atoms with Gasteiger partial charge in [-0.25, -0.2) is 0 Å². The lowest BCUT2D eigenvalue weighted by Crippen LogP contribution is -2.21. The Balaban J connectivity index is 2.90. The maximum atomic E-state index is 11.7. The molecule has 1 nitrogen and oxygen atoms in total. The summed E-state index contributed by atoms with van der Waals surface area (Å²) in [6, 6.07) is 3.51. The molecule has 6 heteroatoms. The third-order valence-corrected chi connectivity index (χ3v) is 1.43. The molecule has 1 aromatic rings. The van der Waals surface area contributed by atoms with Crippen molar-refractivity contribution in [3.8, 4) is 5.75 Å². The molecule has 0 heterocycles. The highest BCUT2D eigenvalue weighted by Crippen LogP contribution is 2.21. The molecule has 0 aliphatic carbocycles. The fourth-order valence-corrected chi connectivity index (χ4v) is 0.917. The van der Waals surface area contributed by atoms with Crippen LogP contribution in [-0.2, 0) is 0 Å². The lowest BCUT2D eigenvalue weighted by molar-refractivity contribution is -0.274. The van der Waals surface area contributed by atoms with Crippen LogP contribution in [0.3, 0.4) is 0 Å². The van der Waals surface area contributed by atoms with E-state index in [0.29, 0.717) is 0 Å². The van der Waals surface area contributed by atoms with Crippen molar-refractivity contribution >= 4 is 24.9 Å². The average molecular weight is 206 g/mol. The van der Waals surface area contributed by atoms with E-state index in [-0.39, 0.29) is 10.5 Å². The summed E-state index contributed by atoms with van der Waals surface area (Å²) in [7, 11) is 5.22. The molecule has 0 aliphatic heterocycles. The summed E-state index contributed by atoms with van der Waals surface area (Å²) in [5.74, 6) is -0.447. The van der Waals surface area contributed by atoms with Gasteiger partial charge in [0.05, 0.1) is 0 Å². The molecule has 0 N–H and O–H groups in total. The Morgan fingerprint density at radius 1 is 1.31 bits per heavy atom. The van der Waals surface area contributed by atoms with Gasteiger partial charge in [0.2, 0.25) is 0 Å². The van der Waals surface area contributed by atoms with Crippen molar-refractivity contribution in [1.29, 1.82) is 0 Å². The molecule has 1 aromatic carbocycles. The Bertz CT molecular complexity index is 313. The van der Waals surface area contributed by atoms with Crippen molar-refractivity contribution in [2.75, 3.05) is 0 Å². The van der Waals surface area contributed by atoms with Gasteiger partial charge < -0.3 is 4.74 Å². The summed E-state index contributed by atoms with van der Waals surface area (Å²) < 4.78 is 38.7. The topological polar surface area (TPSA) is 9.23 Å². The van der Waals surface area contributed by atoms with Gasteiger partial charge in [0.15, 0.2) is 0 Å². The number of alkyl halides is 3. The molecule has 0 amide bonds. The molecule has 0 fully saturated rings. The van der Waals surface area contributed by atoms with E-state index in [0.717, 1.165) is 6.07 Å². The highest BCUT2D eigenvalue weighted by Gasteiger charge is 2.31. The number of benzene rings is 1. The Morgan fingerprint density at radius 3 is 2.38 bits per heavy atom. The van der Waals surface area contributed by atoms with Crippen LogP contribution >= 0.6 is 11.6 Å². The number of ether oxygens (including phenoxy) is 1. The molecule has 2 radical (unpaired) electrons. The van der Waals surface area contributed by atoms with E-state index in [2.05, 4.69) is 4.74 Å². The Kier molecular flexibility index (Phi) is 2.76. The van der Waals surface area contributed by atoms with E-state index in [1.54, 1.807) is 0 Å². The molecule has 1 rings (SSSR count). The van der Waals surface area contributed by atoms with E-state index in [9.17, 15) is 13.2 Å². The van der Waals surface area contributed by atoms with Gasteiger partial charge in [0.1, 0.15) is 13.6 Å². The number of hydrogen-bond donors (Lipinski definition) is 0. The molecule has 0 bridgehead atoms. The summed E-state index contributed by atoms with van der Waals surface area (Å²) in [4.78, 5) is 0. The fourth-order valence-electron chi connectivity index (χ4n) is 0.737. The van der Waals surface area contributed by atoms with E-state index in [1.165, 1.54) is 12.1 Å². The lowest BCUT2D eigenvalue weighted by Gasteiger charge is -2.11. The lowest BCUT2D eigenvalue weighted by atomic mass is 9.95. The first-order valence-corrected chi connectivity index (χ1v) is 3.57. The quantitative estimate of drug-likeness (QED) is 0.639. The normalized spacial score (nSPS) is 11.4. The number of halogens is 4. The largest absolute Gasteiger partial charge is 0.573 e. The fraction of sp³-hybridized carbons (Fsp3) is 0.143. The summed E-state index contributed by atoms with van der Waals surface area (Å²) in [6.45, 7) is 0. The second kappa shape index (κ2) is 3.50. The van der Waals surface area contributed by atoms with Crippen LogP contribution in [0, 0.1) is 0 Å². The molecule has 13 heavy (non-hydrogen) atoms. The van der Waals surface area contributed by atoms with Crippen LogP contribution in [0.4, 0.5) is 13.2 Å². The van der Waals surface area contributed by atoms with Gasteiger partial charge in [0, 0.05) is 5.02 Å². The molecule has 0 atom stereocenters. The summed E-state index contributed by atoms with van der Waals surface area (Å²) in [6.07, 6.45) is -4.73. The van der Waals surface area contributed by atoms with Gasteiger partial charge in [-0.2, -0.15) is 0 Å². The first-order valence-electron chi connectivity index (χ1n) is 3.19. The van der Waals surface area contributed by atoms with Crippen molar-refractivity contribution in [3.63, 3.8) is 0 Å². The van der Waals surface area contributed by atoms with E-state index < -0.39 is 12.1 Å². The van der Waals surface area contributed by atoms with Crippen LogP contribution in [-0.4, -0.2) is 14.2 Å². The van der Waals surface area contributed by atoms with Crippen LogP contribution in [0.2, 0.25) is 5.02 Å². The number of hydrogen-bond acceptors (Lipinski definition) is 1. The summed E-state index contributed by atoms with van der Waals surface area (Å²) in [5.41, 5.74) is -0.148. The number of rotatable bonds is 1. The van der Waals surface area contributed by atoms with Crippen LogP contribution < -0.4 is 10.2 Å². The summed E-state index contributed by atoms with van der Waals surface area (Å²) >= 11 is 5.47. The molecule has 0 saturated carbocycles. The molecular weight excluding hydrogens is 203 g/mol. The van der Waals surface area contributed by atoms with Crippen LogP contribution in [0.15, 0.2) is 18.2 Å². The zero-order valence-corrected chi connectivity index (χ0v) is 6.99. The molecule has 0 aliphatic rings. The molecule has 0 saturated heterocycles. The standard InChI is InChI=1S/C7H3BClF3O/c8-5-3-4(9)1-2-6(5)13-7(10,11)12/h1-3H. The Labute approximate surface area is 78.9 Å². The third-order valence-electron chi connectivity index (χ3n) is 1.20. The van der Waals surface area contributed by atoms with Gasteiger partial charge in [0.25, 0.3) is 0 Å². The van der Waals surface area contributed by atoms with Crippen LogP contribution in [0.1, 0.15) is 0 Å². The van der Waals surface area contributed by atoms with Crippen molar-refractivity contribution in [2.45, 2.75) is 6.36 Å². The van der Waals surface area contributed by atoms with Gasteiger partial charge in [-0.05, 0) is 18.2 Å². The average Bonchev–Trinajstić information content (AvgIpc) is 1.93.